The van der Waals surface area contributed by atoms with Gasteiger partial charge in [-0.2, -0.15) is 5.10 Å². The molecule has 0 spiro atoms. The maximum absolute atomic E-state index is 5.35. The summed E-state index contributed by atoms with van der Waals surface area (Å²) in [5.74, 6) is 6.93. The first kappa shape index (κ1) is 10.9. The highest BCUT2D eigenvalue weighted by Crippen LogP contribution is 2.18. The Morgan fingerprint density at radius 2 is 2.50 bits per heavy atom. The lowest BCUT2D eigenvalue weighted by Crippen LogP contribution is -2.42. The van der Waals surface area contributed by atoms with Gasteiger partial charge in [0.05, 0.1) is 0 Å². The fourth-order valence-electron chi connectivity index (χ4n) is 1.34. The Morgan fingerprint density at radius 3 is 3.12 bits per heavy atom. The van der Waals surface area contributed by atoms with Crippen molar-refractivity contribution in [1.82, 2.24) is 25.9 Å². The average molecular weight is 223 g/mol. The van der Waals surface area contributed by atoms with Gasteiger partial charge < -0.3 is 5.32 Å². The molecule has 0 amide bonds. The molecule has 0 saturated heterocycles. The van der Waals surface area contributed by atoms with E-state index < -0.39 is 0 Å². The first-order valence-electron chi connectivity index (χ1n) is 5.50. The van der Waals surface area contributed by atoms with Gasteiger partial charge in [0, 0.05) is 19.0 Å². The van der Waals surface area contributed by atoms with E-state index in [9.17, 15) is 0 Å². The van der Waals surface area contributed by atoms with Gasteiger partial charge >= 0.3 is 0 Å². The molecule has 5 N–H and O–H groups in total. The largest absolute Gasteiger partial charge is 0.353 e. The molecule has 0 bridgehead atoms. The second-order valence-electron chi connectivity index (χ2n) is 3.83. The lowest BCUT2D eigenvalue weighted by molar-refractivity contribution is 0.763. The standard InChI is InChI=1S/C9H17N7/c10-15-9(14-7-3-4-7)11-5-1-2-8-12-6-13-16-8/h6-7H,1-5,10H2,(H2,11,14,15)(H,12,13,16). The van der Waals surface area contributed by atoms with E-state index in [0.717, 1.165) is 25.2 Å². The summed E-state index contributed by atoms with van der Waals surface area (Å²) in [5.41, 5.74) is 2.57. The zero-order valence-electron chi connectivity index (χ0n) is 9.11. The Hall–Kier alpha value is -1.63. The molecule has 88 valence electrons. The van der Waals surface area contributed by atoms with Crippen molar-refractivity contribution in [2.24, 2.45) is 10.8 Å². The number of hydrogen-bond acceptors (Lipinski definition) is 4. The third-order valence-electron chi connectivity index (χ3n) is 2.36. The molecular weight excluding hydrogens is 206 g/mol. The second-order valence-corrected chi connectivity index (χ2v) is 3.83. The maximum atomic E-state index is 5.35. The number of nitrogens with one attached hydrogen (secondary N) is 3. The highest BCUT2D eigenvalue weighted by molar-refractivity contribution is 5.79. The molecule has 7 nitrogen and oxygen atoms in total. The van der Waals surface area contributed by atoms with Gasteiger partial charge in [-0.15, -0.1) is 0 Å². The Kier molecular flexibility index (Phi) is 3.71. The molecule has 7 heteroatoms. The van der Waals surface area contributed by atoms with Crippen LogP contribution in [0.5, 0.6) is 0 Å². The molecular formula is C9H17N7. The normalized spacial score (nSPS) is 16.2. The Morgan fingerprint density at radius 1 is 1.62 bits per heavy atom. The van der Waals surface area contributed by atoms with Crippen LogP contribution in [0.2, 0.25) is 0 Å². The van der Waals surface area contributed by atoms with Crippen LogP contribution in [0.25, 0.3) is 0 Å². The van der Waals surface area contributed by atoms with Crippen molar-refractivity contribution in [3.8, 4) is 0 Å². The van der Waals surface area contributed by atoms with Crippen LogP contribution >= 0.6 is 0 Å². The lowest BCUT2D eigenvalue weighted by Gasteiger charge is -2.06. The number of hydrogen-bond donors (Lipinski definition) is 4. The van der Waals surface area contributed by atoms with E-state index in [1.807, 2.05) is 0 Å². The minimum Gasteiger partial charge on any atom is -0.353 e. The molecule has 16 heavy (non-hydrogen) atoms. The number of nitrogens with zero attached hydrogens (tertiary/aromatic N) is 3. The van der Waals surface area contributed by atoms with Gasteiger partial charge in [0.15, 0.2) is 0 Å². The summed E-state index contributed by atoms with van der Waals surface area (Å²) in [6.45, 7) is 0.722. The van der Waals surface area contributed by atoms with Crippen LogP contribution in [0.15, 0.2) is 11.3 Å². The van der Waals surface area contributed by atoms with E-state index in [4.69, 9.17) is 5.84 Å². The molecule has 1 aromatic rings. The number of aliphatic imine (C=N–C) groups is 1. The van der Waals surface area contributed by atoms with Crippen molar-refractivity contribution in [2.75, 3.05) is 6.54 Å². The summed E-state index contributed by atoms with van der Waals surface area (Å²) in [4.78, 5) is 8.37. The van der Waals surface area contributed by atoms with Crippen molar-refractivity contribution in [3.63, 3.8) is 0 Å². The number of aromatic nitrogens is 3. The number of aromatic amines is 1. The molecule has 0 radical (unpaired) electrons. The summed E-state index contributed by atoms with van der Waals surface area (Å²) in [7, 11) is 0. The zero-order chi connectivity index (χ0) is 11.2. The molecule has 1 aliphatic carbocycles. The highest BCUT2D eigenvalue weighted by atomic mass is 15.3. The molecule has 1 aromatic heterocycles. The van der Waals surface area contributed by atoms with Crippen molar-refractivity contribution >= 4 is 5.96 Å². The van der Waals surface area contributed by atoms with Gasteiger partial charge in [-0.3, -0.25) is 15.5 Å². The molecule has 0 atom stereocenters. The predicted octanol–water partition coefficient (Wildman–Crippen LogP) is -0.691. The predicted molar refractivity (Wildman–Crippen MR) is 60.5 cm³/mol. The van der Waals surface area contributed by atoms with E-state index in [1.54, 1.807) is 0 Å². The van der Waals surface area contributed by atoms with Crippen LogP contribution in [-0.2, 0) is 6.42 Å². The molecule has 0 aromatic carbocycles. The first-order chi connectivity index (χ1) is 7.88. The SMILES string of the molecule is NNC(=NCCCc1ncn[nH]1)NC1CC1. The smallest absolute Gasteiger partial charge is 0.205 e. The minimum absolute atomic E-state index is 0.559. The number of aryl methyl sites for hydroxylation is 1. The second kappa shape index (κ2) is 5.45. The number of hydrazine groups is 1. The Labute approximate surface area is 93.9 Å². The fourth-order valence-corrected chi connectivity index (χ4v) is 1.34. The highest BCUT2D eigenvalue weighted by Gasteiger charge is 2.21. The van der Waals surface area contributed by atoms with Crippen molar-refractivity contribution < 1.29 is 0 Å². The third kappa shape index (κ3) is 3.50. The van der Waals surface area contributed by atoms with Crippen LogP contribution < -0.4 is 16.6 Å². The summed E-state index contributed by atoms with van der Waals surface area (Å²) in [5, 5.41) is 9.81. The van der Waals surface area contributed by atoms with E-state index in [0.29, 0.717) is 12.0 Å². The summed E-state index contributed by atoms with van der Waals surface area (Å²) < 4.78 is 0. The van der Waals surface area contributed by atoms with E-state index in [1.165, 1.54) is 19.2 Å². The first-order valence-corrected chi connectivity index (χ1v) is 5.50. The van der Waals surface area contributed by atoms with Gasteiger partial charge in [0.2, 0.25) is 5.96 Å². The molecule has 1 aliphatic rings. The van der Waals surface area contributed by atoms with Crippen LogP contribution in [0, 0.1) is 0 Å². The van der Waals surface area contributed by atoms with Gasteiger partial charge in [0.25, 0.3) is 0 Å². The molecule has 0 aliphatic heterocycles. The third-order valence-corrected chi connectivity index (χ3v) is 2.36. The summed E-state index contributed by atoms with van der Waals surface area (Å²) in [6, 6.07) is 0.559. The average Bonchev–Trinajstić information content (AvgIpc) is 2.96. The molecule has 2 rings (SSSR count). The van der Waals surface area contributed by atoms with Gasteiger partial charge in [-0.05, 0) is 19.3 Å². The fraction of sp³-hybridized carbons (Fsp3) is 0.667. The van der Waals surface area contributed by atoms with E-state index in [2.05, 4.69) is 30.9 Å². The summed E-state index contributed by atoms with van der Waals surface area (Å²) >= 11 is 0. The van der Waals surface area contributed by atoms with E-state index >= 15 is 0 Å². The van der Waals surface area contributed by atoms with E-state index in [-0.39, 0.29) is 0 Å². The molecule has 1 saturated carbocycles. The lowest BCUT2D eigenvalue weighted by atomic mass is 10.3. The monoisotopic (exact) mass is 223 g/mol. The van der Waals surface area contributed by atoms with Crippen molar-refractivity contribution in [2.45, 2.75) is 31.7 Å². The number of rotatable bonds is 5. The van der Waals surface area contributed by atoms with Crippen LogP contribution in [0.1, 0.15) is 25.1 Å². The minimum atomic E-state index is 0.559. The zero-order valence-corrected chi connectivity index (χ0v) is 9.11. The molecule has 1 heterocycles. The number of H-pyrrole nitrogens is 1. The quantitative estimate of drug-likeness (QED) is 0.174. The Bertz CT molecular complexity index is 328. The van der Waals surface area contributed by atoms with Gasteiger partial charge in [-0.25, -0.2) is 10.8 Å². The van der Waals surface area contributed by atoms with Gasteiger partial charge in [0.1, 0.15) is 12.2 Å². The Balaban J connectivity index is 1.66. The van der Waals surface area contributed by atoms with Crippen molar-refractivity contribution in [3.05, 3.63) is 12.2 Å². The maximum Gasteiger partial charge on any atom is 0.205 e. The van der Waals surface area contributed by atoms with Crippen LogP contribution in [0.4, 0.5) is 0 Å². The van der Waals surface area contributed by atoms with Gasteiger partial charge in [-0.1, -0.05) is 0 Å². The van der Waals surface area contributed by atoms with Crippen LogP contribution in [-0.4, -0.2) is 33.7 Å². The van der Waals surface area contributed by atoms with Crippen LogP contribution in [0.3, 0.4) is 0 Å². The summed E-state index contributed by atoms with van der Waals surface area (Å²) in [6.07, 6.45) is 5.70. The number of nitrogens with two attached hydrogens (primary N) is 1. The molecule has 1 fully saturated rings. The molecule has 0 unspecified atom stereocenters. The number of guanidine groups is 1. The van der Waals surface area contributed by atoms with Crippen molar-refractivity contribution in [1.29, 1.82) is 0 Å². The topological polar surface area (TPSA) is 104 Å².